The van der Waals surface area contributed by atoms with Crippen molar-refractivity contribution in [2.45, 2.75) is 5.54 Å². The Morgan fingerprint density at radius 2 is 1.38 bits per heavy atom. The van der Waals surface area contributed by atoms with Crippen LogP contribution in [-0.4, -0.2) is 35.5 Å². The molecule has 0 aromatic heterocycles. The lowest BCUT2D eigenvalue weighted by molar-refractivity contribution is -0.123. The van der Waals surface area contributed by atoms with Crippen LogP contribution < -0.4 is 10.2 Å². The minimum Gasteiger partial charge on any atom is -0.297 e. The van der Waals surface area contributed by atoms with Crippen molar-refractivity contribution in [3.8, 4) is 0 Å². The molecule has 2 fully saturated rings. The number of hydrogen-bond acceptors (Lipinski definition) is 5. The summed E-state index contributed by atoms with van der Waals surface area (Å²) in [7, 11) is 0. The van der Waals surface area contributed by atoms with Gasteiger partial charge >= 0.3 is 0 Å². The predicted molar refractivity (Wildman–Crippen MR) is 91.8 cm³/mol. The zero-order valence-electron chi connectivity index (χ0n) is 13.6. The molecule has 6 heteroatoms. The van der Waals surface area contributed by atoms with Crippen LogP contribution in [0.5, 0.6) is 0 Å². The van der Waals surface area contributed by atoms with E-state index in [2.05, 4.69) is 5.32 Å². The third-order valence-electron chi connectivity index (χ3n) is 5.64. The van der Waals surface area contributed by atoms with Crippen LogP contribution in [0.1, 0.15) is 20.7 Å². The van der Waals surface area contributed by atoms with Gasteiger partial charge in [0, 0.05) is 17.7 Å². The Labute approximate surface area is 148 Å². The maximum absolute atomic E-state index is 13.2. The fourth-order valence-electron chi connectivity index (χ4n) is 4.48. The first kappa shape index (κ1) is 15.2. The Hall–Kier alpha value is -3.12. The van der Waals surface area contributed by atoms with Gasteiger partial charge in [0.25, 0.3) is 0 Å². The molecule has 2 aliphatic heterocycles. The van der Waals surface area contributed by atoms with Crippen molar-refractivity contribution in [3.05, 3.63) is 65.7 Å². The highest BCUT2D eigenvalue weighted by Crippen LogP contribution is 2.47. The van der Waals surface area contributed by atoms with Gasteiger partial charge in [-0.25, -0.2) is 4.90 Å². The number of imide groups is 1. The number of hydrogen-bond donors (Lipinski definition) is 1. The van der Waals surface area contributed by atoms with Crippen LogP contribution >= 0.6 is 0 Å². The molecule has 2 saturated heterocycles. The average molecular weight is 346 g/mol. The maximum Gasteiger partial charge on any atom is 0.240 e. The quantitative estimate of drug-likeness (QED) is 0.620. The zero-order chi connectivity index (χ0) is 18.1. The van der Waals surface area contributed by atoms with Crippen LogP contribution in [0.4, 0.5) is 5.69 Å². The van der Waals surface area contributed by atoms with Gasteiger partial charge in [-0.05, 0) is 12.1 Å². The van der Waals surface area contributed by atoms with Gasteiger partial charge < -0.3 is 0 Å². The number of carbonyl (C=O) groups excluding carboxylic acids is 4. The molecule has 6 nitrogen and oxygen atoms in total. The minimum atomic E-state index is -1.66. The van der Waals surface area contributed by atoms with E-state index in [1.54, 1.807) is 54.6 Å². The number of nitrogens with one attached hydrogen (secondary N) is 1. The fourth-order valence-corrected chi connectivity index (χ4v) is 4.48. The topological polar surface area (TPSA) is 83.5 Å². The van der Waals surface area contributed by atoms with E-state index < -0.39 is 34.8 Å². The van der Waals surface area contributed by atoms with Crippen molar-refractivity contribution in [1.82, 2.24) is 5.32 Å². The van der Waals surface area contributed by atoms with Gasteiger partial charge in [-0.15, -0.1) is 0 Å². The van der Waals surface area contributed by atoms with E-state index in [4.69, 9.17) is 0 Å². The lowest BCUT2D eigenvalue weighted by Crippen LogP contribution is -2.57. The van der Waals surface area contributed by atoms with Crippen LogP contribution in [0.3, 0.4) is 0 Å². The average Bonchev–Trinajstić information content (AvgIpc) is 3.25. The second-order valence-electron chi connectivity index (χ2n) is 6.82. The van der Waals surface area contributed by atoms with E-state index >= 15 is 0 Å². The van der Waals surface area contributed by atoms with Gasteiger partial charge in [0.15, 0.2) is 17.1 Å². The van der Waals surface area contributed by atoms with Crippen LogP contribution in [0.15, 0.2) is 54.6 Å². The SMILES string of the molecule is O=C1[C@@H]2[C@@H](CNC23C(=O)c2ccccc2C3=O)C(=O)N1c1ccccc1. The van der Waals surface area contributed by atoms with Gasteiger partial charge in [-0.1, -0.05) is 42.5 Å². The number of rotatable bonds is 1. The van der Waals surface area contributed by atoms with Crippen LogP contribution in [0, 0.1) is 11.8 Å². The number of amides is 2. The number of anilines is 1. The van der Waals surface area contributed by atoms with Crippen molar-refractivity contribution >= 4 is 29.1 Å². The summed E-state index contributed by atoms with van der Waals surface area (Å²) in [4.78, 5) is 53.3. The standard InChI is InChI=1S/C20H14N2O4/c23-16-12-8-4-5-9-13(12)17(24)20(16)15-14(10-21-20)18(25)22(19(15)26)11-6-2-1-3-7-11/h1-9,14-15,21H,10H2/t14-,15+/m1/s1. The Morgan fingerprint density at radius 1 is 0.808 bits per heavy atom. The van der Waals surface area contributed by atoms with E-state index in [-0.39, 0.29) is 12.5 Å². The zero-order valence-corrected chi connectivity index (χ0v) is 13.6. The molecular formula is C20H14N2O4. The number of fused-ring (bicyclic) bond motifs is 3. The molecule has 5 rings (SSSR count). The van der Waals surface area contributed by atoms with Gasteiger partial charge in [-0.3, -0.25) is 24.5 Å². The molecule has 3 aliphatic rings. The van der Waals surface area contributed by atoms with E-state index in [0.29, 0.717) is 16.8 Å². The summed E-state index contributed by atoms with van der Waals surface area (Å²) in [5.41, 5.74) is -0.583. The van der Waals surface area contributed by atoms with Crippen molar-refractivity contribution in [3.63, 3.8) is 0 Å². The minimum absolute atomic E-state index is 0.129. The summed E-state index contributed by atoms with van der Waals surface area (Å²) in [5, 5.41) is 2.95. The van der Waals surface area contributed by atoms with Crippen molar-refractivity contribution in [2.75, 3.05) is 11.4 Å². The second-order valence-corrected chi connectivity index (χ2v) is 6.82. The molecule has 128 valence electrons. The van der Waals surface area contributed by atoms with E-state index in [0.717, 1.165) is 4.90 Å². The van der Waals surface area contributed by atoms with Crippen LogP contribution in [0.25, 0.3) is 0 Å². The maximum atomic E-state index is 13.2. The Balaban J connectivity index is 1.64. The molecule has 2 atom stereocenters. The van der Waals surface area contributed by atoms with Gasteiger partial charge in [0.05, 0.1) is 17.5 Å². The molecule has 1 N–H and O–H groups in total. The van der Waals surface area contributed by atoms with Crippen LogP contribution in [0.2, 0.25) is 0 Å². The molecule has 0 radical (unpaired) electrons. The van der Waals surface area contributed by atoms with Gasteiger partial charge in [0.2, 0.25) is 11.8 Å². The number of Topliss-reactive ketones (excluding diaryl/α,β-unsaturated/α-hetero) is 2. The van der Waals surface area contributed by atoms with E-state index in [1.807, 2.05) is 0 Å². The van der Waals surface area contributed by atoms with E-state index in [9.17, 15) is 19.2 Å². The molecule has 2 heterocycles. The molecule has 26 heavy (non-hydrogen) atoms. The monoisotopic (exact) mass is 346 g/mol. The van der Waals surface area contributed by atoms with Crippen molar-refractivity contribution in [2.24, 2.45) is 11.8 Å². The number of para-hydroxylation sites is 1. The molecule has 0 bridgehead atoms. The third kappa shape index (κ3) is 1.60. The second kappa shape index (κ2) is 4.95. The number of nitrogens with zero attached hydrogens (tertiary/aromatic N) is 1. The predicted octanol–water partition coefficient (Wildman–Crippen LogP) is 1.21. The first-order valence-electron chi connectivity index (χ1n) is 8.44. The molecule has 0 saturated carbocycles. The summed E-state index contributed by atoms with van der Waals surface area (Å²) in [5.74, 6) is -3.42. The first-order valence-corrected chi connectivity index (χ1v) is 8.44. The van der Waals surface area contributed by atoms with Gasteiger partial charge in [-0.2, -0.15) is 0 Å². The molecule has 2 aromatic carbocycles. The normalized spacial score (nSPS) is 25.9. The molecule has 2 aromatic rings. The summed E-state index contributed by atoms with van der Waals surface area (Å²) < 4.78 is 0. The van der Waals surface area contributed by atoms with Crippen LogP contribution in [-0.2, 0) is 9.59 Å². The lowest BCUT2D eigenvalue weighted by atomic mass is 9.78. The number of benzene rings is 2. The lowest BCUT2D eigenvalue weighted by Gasteiger charge is -2.26. The van der Waals surface area contributed by atoms with Gasteiger partial charge in [0.1, 0.15) is 0 Å². The fraction of sp³-hybridized carbons (Fsp3) is 0.200. The first-order chi connectivity index (χ1) is 12.6. The summed E-state index contributed by atoms with van der Waals surface area (Å²) in [6.07, 6.45) is 0. The van der Waals surface area contributed by atoms with Crippen molar-refractivity contribution < 1.29 is 19.2 Å². The summed E-state index contributed by atoms with van der Waals surface area (Å²) >= 11 is 0. The number of carbonyl (C=O) groups is 4. The summed E-state index contributed by atoms with van der Waals surface area (Å²) in [6.45, 7) is 0.129. The Bertz CT molecular complexity index is 963. The Morgan fingerprint density at radius 3 is 2.00 bits per heavy atom. The summed E-state index contributed by atoms with van der Waals surface area (Å²) in [6, 6.07) is 15.2. The smallest absolute Gasteiger partial charge is 0.240 e. The third-order valence-corrected chi connectivity index (χ3v) is 5.64. The highest BCUT2D eigenvalue weighted by molar-refractivity contribution is 6.37. The van der Waals surface area contributed by atoms with E-state index in [1.165, 1.54) is 0 Å². The molecule has 2 amide bonds. The molecular weight excluding hydrogens is 332 g/mol. The highest BCUT2D eigenvalue weighted by Gasteiger charge is 2.70. The highest BCUT2D eigenvalue weighted by atomic mass is 16.2. The molecule has 1 spiro atoms. The number of ketones is 2. The molecule has 0 unspecified atom stereocenters. The molecule has 1 aliphatic carbocycles. The largest absolute Gasteiger partial charge is 0.297 e. The van der Waals surface area contributed by atoms with Crippen molar-refractivity contribution in [1.29, 1.82) is 0 Å². The Kier molecular flexibility index (Phi) is 2.89.